The predicted octanol–water partition coefficient (Wildman–Crippen LogP) is -0.858. The summed E-state index contributed by atoms with van der Waals surface area (Å²) in [6, 6.07) is -0.544. The van der Waals surface area contributed by atoms with Gasteiger partial charge in [0.2, 0.25) is 5.91 Å². The second kappa shape index (κ2) is 2.55. The van der Waals surface area contributed by atoms with E-state index in [1.807, 2.05) is 0 Å². The molecule has 0 bridgehead atoms. The second-order valence-corrected chi connectivity index (χ2v) is 2.08. The molecule has 0 radical (unpaired) electrons. The summed E-state index contributed by atoms with van der Waals surface area (Å²) >= 11 is 0. The van der Waals surface area contributed by atoms with E-state index < -0.39 is 12.1 Å². The number of hydrogen-bond acceptors (Lipinski definition) is 2. The highest BCUT2D eigenvalue weighted by atomic mass is 16.4. The molecule has 5 nitrogen and oxygen atoms in total. The molecule has 0 saturated carbocycles. The third-order valence-electron chi connectivity index (χ3n) is 1.35. The molecule has 1 fully saturated rings. The molecule has 0 spiro atoms. The van der Waals surface area contributed by atoms with E-state index in [0.717, 1.165) is 0 Å². The first kappa shape index (κ1) is 6.85. The summed E-state index contributed by atoms with van der Waals surface area (Å²) in [5.41, 5.74) is 0. The maximum Gasteiger partial charge on any atom is 0.405 e. The fourth-order valence-corrected chi connectivity index (χ4v) is 0.881. The highest BCUT2D eigenvalue weighted by Gasteiger charge is 2.24. The largest absolute Gasteiger partial charge is 0.465 e. The molecule has 2 amide bonds. The molecular formula is C5H8N2O3. The lowest BCUT2D eigenvalue weighted by atomic mass is 10.2. The lowest BCUT2D eigenvalue weighted by molar-refractivity contribution is -0.120. The Morgan fingerprint density at radius 3 is 2.90 bits per heavy atom. The van der Waals surface area contributed by atoms with E-state index in [1.165, 1.54) is 0 Å². The first-order valence-corrected chi connectivity index (χ1v) is 2.97. The Morgan fingerprint density at radius 2 is 2.50 bits per heavy atom. The topological polar surface area (TPSA) is 78.4 Å². The van der Waals surface area contributed by atoms with Crippen LogP contribution in [0.2, 0.25) is 0 Å². The van der Waals surface area contributed by atoms with E-state index in [4.69, 9.17) is 5.11 Å². The summed E-state index contributed by atoms with van der Waals surface area (Å²) in [7, 11) is 0. The van der Waals surface area contributed by atoms with E-state index >= 15 is 0 Å². The van der Waals surface area contributed by atoms with Crippen LogP contribution in [0, 0.1) is 0 Å². The quantitative estimate of drug-likeness (QED) is 0.448. The number of hydrogen-bond donors (Lipinski definition) is 3. The molecule has 0 unspecified atom stereocenters. The molecule has 3 N–H and O–H groups in total. The predicted molar refractivity (Wildman–Crippen MR) is 32.6 cm³/mol. The second-order valence-electron chi connectivity index (χ2n) is 2.08. The van der Waals surface area contributed by atoms with Crippen molar-refractivity contribution in [2.45, 2.75) is 12.5 Å². The summed E-state index contributed by atoms with van der Waals surface area (Å²) in [6.45, 7) is 0.559. The molecule has 1 atom stereocenters. The Hall–Kier alpha value is -1.26. The minimum Gasteiger partial charge on any atom is -0.465 e. The van der Waals surface area contributed by atoms with Crippen LogP contribution >= 0.6 is 0 Å². The number of carboxylic acid groups (broad SMARTS) is 1. The van der Waals surface area contributed by atoms with Gasteiger partial charge in [-0.2, -0.15) is 0 Å². The van der Waals surface area contributed by atoms with Crippen molar-refractivity contribution < 1.29 is 14.7 Å². The smallest absolute Gasteiger partial charge is 0.405 e. The van der Waals surface area contributed by atoms with E-state index in [9.17, 15) is 9.59 Å². The van der Waals surface area contributed by atoms with Gasteiger partial charge in [-0.1, -0.05) is 0 Å². The summed E-state index contributed by atoms with van der Waals surface area (Å²) in [5, 5.41) is 12.8. The lowest BCUT2D eigenvalue weighted by Crippen LogP contribution is -2.39. The van der Waals surface area contributed by atoms with Gasteiger partial charge in [0, 0.05) is 6.54 Å². The molecular weight excluding hydrogens is 136 g/mol. The van der Waals surface area contributed by atoms with Gasteiger partial charge in [0.1, 0.15) is 6.04 Å². The molecule has 1 rings (SSSR count). The molecule has 0 aliphatic carbocycles. The van der Waals surface area contributed by atoms with Crippen molar-refractivity contribution in [2.75, 3.05) is 6.54 Å². The first-order chi connectivity index (χ1) is 4.70. The summed E-state index contributed by atoms with van der Waals surface area (Å²) in [6.07, 6.45) is -0.604. The van der Waals surface area contributed by atoms with Crippen LogP contribution in [-0.2, 0) is 4.79 Å². The standard InChI is InChI=1S/C5H8N2O3/c8-4-3(1-2-6-4)7-5(9)10/h3,7H,1-2H2,(H,6,8)(H,9,10)/t3-/m1/s1. The van der Waals surface area contributed by atoms with Gasteiger partial charge in [0.05, 0.1) is 0 Å². The van der Waals surface area contributed by atoms with Crippen LogP contribution in [0.1, 0.15) is 6.42 Å². The molecule has 0 aromatic carbocycles. The van der Waals surface area contributed by atoms with Crippen LogP contribution < -0.4 is 10.6 Å². The van der Waals surface area contributed by atoms with E-state index in [1.54, 1.807) is 0 Å². The van der Waals surface area contributed by atoms with Crippen LogP contribution in [0.3, 0.4) is 0 Å². The zero-order valence-corrected chi connectivity index (χ0v) is 5.26. The van der Waals surface area contributed by atoms with Crippen LogP contribution in [0.4, 0.5) is 4.79 Å². The Kier molecular flexibility index (Phi) is 1.75. The average Bonchev–Trinajstić information content (AvgIpc) is 2.15. The molecule has 1 aliphatic heterocycles. The van der Waals surface area contributed by atoms with Gasteiger partial charge in [-0.15, -0.1) is 0 Å². The number of carbonyl (C=O) groups excluding carboxylic acids is 1. The van der Waals surface area contributed by atoms with Crippen molar-refractivity contribution in [3.63, 3.8) is 0 Å². The van der Waals surface area contributed by atoms with E-state index in [2.05, 4.69) is 10.6 Å². The van der Waals surface area contributed by atoms with Crippen molar-refractivity contribution in [1.82, 2.24) is 10.6 Å². The molecule has 10 heavy (non-hydrogen) atoms. The zero-order chi connectivity index (χ0) is 7.56. The number of nitrogens with one attached hydrogen (secondary N) is 2. The molecule has 1 aliphatic rings. The van der Waals surface area contributed by atoms with Crippen molar-refractivity contribution in [2.24, 2.45) is 0 Å². The van der Waals surface area contributed by atoms with Gasteiger partial charge in [-0.05, 0) is 6.42 Å². The van der Waals surface area contributed by atoms with Crippen LogP contribution in [0.25, 0.3) is 0 Å². The van der Waals surface area contributed by atoms with E-state index in [0.29, 0.717) is 13.0 Å². The molecule has 0 aromatic rings. The average molecular weight is 144 g/mol. The number of carbonyl (C=O) groups is 2. The molecule has 0 aromatic heterocycles. The monoisotopic (exact) mass is 144 g/mol. The summed E-state index contributed by atoms with van der Waals surface area (Å²) < 4.78 is 0. The third kappa shape index (κ3) is 1.37. The number of rotatable bonds is 1. The fraction of sp³-hybridized carbons (Fsp3) is 0.600. The van der Waals surface area contributed by atoms with Gasteiger partial charge in [-0.25, -0.2) is 4.79 Å². The highest BCUT2D eigenvalue weighted by Crippen LogP contribution is 1.97. The van der Waals surface area contributed by atoms with Crippen molar-refractivity contribution in [3.05, 3.63) is 0 Å². The minimum atomic E-state index is -1.15. The summed E-state index contributed by atoms with van der Waals surface area (Å²) in [5.74, 6) is -0.234. The molecule has 1 heterocycles. The van der Waals surface area contributed by atoms with Crippen LogP contribution in [0.15, 0.2) is 0 Å². The Morgan fingerprint density at radius 1 is 1.80 bits per heavy atom. The normalized spacial score (nSPS) is 24.0. The molecule has 56 valence electrons. The maximum atomic E-state index is 10.7. The number of amides is 2. The Labute approximate surface area is 57.4 Å². The fourth-order valence-electron chi connectivity index (χ4n) is 0.881. The third-order valence-corrected chi connectivity index (χ3v) is 1.35. The first-order valence-electron chi connectivity index (χ1n) is 2.97. The molecule has 1 saturated heterocycles. The molecule has 5 heteroatoms. The minimum absolute atomic E-state index is 0.234. The van der Waals surface area contributed by atoms with Gasteiger partial charge in [0.15, 0.2) is 0 Å². The maximum absolute atomic E-state index is 10.7. The van der Waals surface area contributed by atoms with Crippen molar-refractivity contribution in [3.8, 4) is 0 Å². The van der Waals surface area contributed by atoms with Gasteiger partial charge in [-0.3, -0.25) is 4.79 Å². The lowest BCUT2D eigenvalue weighted by Gasteiger charge is -2.03. The SMILES string of the molecule is O=C(O)N[C@@H]1CCNC1=O. The van der Waals surface area contributed by atoms with Crippen molar-refractivity contribution in [1.29, 1.82) is 0 Å². The van der Waals surface area contributed by atoms with E-state index in [-0.39, 0.29) is 5.91 Å². The van der Waals surface area contributed by atoms with Gasteiger partial charge in [0.25, 0.3) is 0 Å². The highest BCUT2D eigenvalue weighted by molar-refractivity contribution is 5.86. The Bertz CT molecular complexity index is 168. The van der Waals surface area contributed by atoms with Gasteiger partial charge >= 0.3 is 6.09 Å². The van der Waals surface area contributed by atoms with Crippen LogP contribution in [-0.4, -0.2) is 29.7 Å². The Balaban J connectivity index is 2.40. The zero-order valence-electron chi connectivity index (χ0n) is 5.26. The van der Waals surface area contributed by atoms with Crippen molar-refractivity contribution >= 4 is 12.0 Å². The summed E-state index contributed by atoms with van der Waals surface area (Å²) in [4.78, 5) is 20.7. The van der Waals surface area contributed by atoms with Gasteiger partial charge < -0.3 is 15.7 Å². The van der Waals surface area contributed by atoms with Crippen LogP contribution in [0.5, 0.6) is 0 Å².